The van der Waals surface area contributed by atoms with Gasteiger partial charge in [0.25, 0.3) is 0 Å². The molecule has 0 saturated heterocycles. The summed E-state index contributed by atoms with van der Waals surface area (Å²) in [6.45, 7) is 2.15. The summed E-state index contributed by atoms with van der Waals surface area (Å²) in [4.78, 5) is 10.3. The summed E-state index contributed by atoms with van der Waals surface area (Å²) in [5.41, 5.74) is 0. The van der Waals surface area contributed by atoms with Crippen molar-refractivity contribution in [3.05, 3.63) is 60.8 Å². The summed E-state index contributed by atoms with van der Waals surface area (Å²) in [7, 11) is 0. The van der Waals surface area contributed by atoms with Gasteiger partial charge in [0.05, 0.1) is 0 Å². The SMILES string of the molecule is CCC=CCC=CCCC=CC=CCCC=CCCCCC(=O)O. The zero-order valence-electron chi connectivity index (χ0n) is 15.2. The molecule has 0 radical (unpaired) electrons. The van der Waals surface area contributed by atoms with Gasteiger partial charge in [-0.2, -0.15) is 0 Å². The number of aliphatic carboxylic acids is 1. The van der Waals surface area contributed by atoms with E-state index in [9.17, 15) is 4.79 Å². The highest BCUT2D eigenvalue weighted by Crippen LogP contribution is 2.02. The van der Waals surface area contributed by atoms with Crippen molar-refractivity contribution in [1.82, 2.24) is 0 Å². The molecule has 1 N–H and O–H groups in total. The van der Waals surface area contributed by atoms with Gasteiger partial charge in [-0.1, -0.05) is 67.7 Å². The van der Waals surface area contributed by atoms with Crippen LogP contribution >= 0.6 is 0 Å². The van der Waals surface area contributed by atoms with Crippen LogP contribution in [0, 0.1) is 0 Å². The lowest BCUT2D eigenvalue weighted by Crippen LogP contribution is -1.92. The van der Waals surface area contributed by atoms with Crippen molar-refractivity contribution in [3.8, 4) is 0 Å². The number of rotatable bonds is 15. The number of unbranched alkanes of at least 4 members (excludes halogenated alkanes) is 4. The molecular formula is C22H34O2. The van der Waals surface area contributed by atoms with Crippen LogP contribution in [0.3, 0.4) is 0 Å². The van der Waals surface area contributed by atoms with Crippen molar-refractivity contribution in [1.29, 1.82) is 0 Å². The minimum atomic E-state index is -0.697. The average molecular weight is 331 g/mol. The second kappa shape index (κ2) is 19.2. The van der Waals surface area contributed by atoms with Crippen molar-refractivity contribution < 1.29 is 9.90 Å². The Kier molecular flexibility index (Phi) is 17.8. The molecule has 24 heavy (non-hydrogen) atoms. The van der Waals surface area contributed by atoms with E-state index >= 15 is 0 Å². The minimum Gasteiger partial charge on any atom is -0.481 e. The summed E-state index contributed by atoms with van der Waals surface area (Å²) in [5, 5.41) is 8.52. The van der Waals surface area contributed by atoms with Gasteiger partial charge < -0.3 is 5.11 Å². The van der Waals surface area contributed by atoms with Crippen LogP contribution < -0.4 is 0 Å². The van der Waals surface area contributed by atoms with Crippen LogP contribution in [0.4, 0.5) is 0 Å². The highest BCUT2D eigenvalue weighted by molar-refractivity contribution is 5.66. The van der Waals surface area contributed by atoms with E-state index in [4.69, 9.17) is 5.11 Å². The van der Waals surface area contributed by atoms with Gasteiger partial charge in [0.1, 0.15) is 0 Å². The average Bonchev–Trinajstić information content (AvgIpc) is 2.56. The van der Waals surface area contributed by atoms with Gasteiger partial charge in [-0.05, 0) is 57.8 Å². The van der Waals surface area contributed by atoms with Gasteiger partial charge in [0.2, 0.25) is 0 Å². The monoisotopic (exact) mass is 330 g/mol. The number of allylic oxidation sites excluding steroid dienone is 10. The van der Waals surface area contributed by atoms with E-state index in [0.29, 0.717) is 0 Å². The molecule has 0 unspecified atom stereocenters. The highest BCUT2D eigenvalue weighted by atomic mass is 16.4. The first-order valence-electron chi connectivity index (χ1n) is 9.25. The van der Waals surface area contributed by atoms with Crippen LogP contribution in [0.15, 0.2) is 60.8 Å². The molecule has 0 rings (SSSR count). The maximum absolute atomic E-state index is 10.3. The lowest BCUT2D eigenvalue weighted by Gasteiger charge is -1.93. The molecule has 0 heterocycles. The molecule has 0 atom stereocenters. The zero-order chi connectivity index (χ0) is 17.7. The first kappa shape index (κ1) is 22.2. The standard InChI is InChI=1S/C22H34O2/c1-2-3-4-5-6-7-8-9-10-11-12-13-14-15-16-17-18-19-20-21-22(23)24/h3-4,6-7,10-13,16-17H,2,5,8-9,14-15,18-21H2,1H3,(H,23,24). The lowest BCUT2D eigenvalue weighted by atomic mass is 10.1. The normalized spacial score (nSPS) is 12.7. The maximum atomic E-state index is 10.3. The summed E-state index contributed by atoms with van der Waals surface area (Å²) in [6, 6.07) is 0. The first-order chi connectivity index (χ1) is 11.8. The second-order valence-corrected chi connectivity index (χ2v) is 5.71. The fourth-order valence-corrected chi connectivity index (χ4v) is 2.06. The second-order valence-electron chi connectivity index (χ2n) is 5.71. The molecule has 0 aromatic heterocycles. The third-order valence-corrected chi connectivity index (χ3v) is 3.40. The molecule has 0 aliphatic rings. The van der Waals surface area contributed by atoms with Gasteiger partial charge in [-0.15, -0.1) is 0 Å². The van der Waals surface area contributed by atoms with E-state index in [1.807, 2.05) is 0 Å². The maximum Gasteiger partial charge on any atom is 0.303 e. The minimum absolute atomic E-state index is 0.286. The topological polar surface area (TPSA) is 37.3 Å². The van der Waals surface area contributed by atoms with Gasteiger partial charge in [-0.25, -0.2) is 0 Å². The zero-order valence-corrected chi connectivity index (χ0v) is 15.2. The number of hydrogen-bond acceptors (Lipinski definition) is 1. The molecule has 0 fully saturated rings. The molecule has 2 nitrogen and oxygen atoms in total. The molecule has 0 amide bonds. The number of hydrogen-bond donors (Lipinski definition) is 1. The molecule has 0 spiro atoms. The Hall–Kier alpha value is -1.83. The number of carbonyl (C=O) groups is 1. The van der Waals surface area contributed by atoms with Crippen molar-refractivity contribution >= 4 is 5.97 Å². The van der Waals surface area contributed by atoms with Gasteiger partial charge in [-0.3, -0.25) is 4.79 Å². The van der Waals surface area contributed by atoms with Gasteiger partial charge in [0, 0.05) is 6.42 Å². The van der Waals surface area contributed by atoms with E-state index in [0.717, 1.165) is 57.8 Å². The van der Waals surface area contributed by atoms with Crippen LogP contribution in [0.25, 0.3) is 0 Å². The van der Waals surface area contributed by atoms with Crippen molar-refractivity contribution in [2.24, 2.45) is 0 Å². The fraction of sp³-hybridized carbons (Fsp3) is 0.500. The Morgan fingerprint density at radius 1 is 0.708 bits per heavy atom. The van der Waals surface area contributed by atoms with E-state index in [2.05, 4.69) is 67.7 Å². The Balaban J connectivity index is 3.42. The Bertz CT molecular complexity index is 425. The number of carboxylic acid groups (broad SMARTS) is 1. The summed E-state index contributed by atoms with van der Waals surface area (Å²) in [6.07, 6.45) is 31.3. The van der Waals surface area contributed by atoms with Crippen molar-refractivity contribution in [3.63, 3.8) is 0 Å². The molecule has 0 aliphatic carbocycles. The Morgan fingerprint density at radius 3 is 1.88 bits per heavy atom. The highest BCUT2D eigenvalue weighted by Gasteiger charge is 1.93. The van der Waals surface area contributed by atoms with Gasteiger partial charge in [0.15, 0.2) is 0 Å². The summed E-state index contributed by atoms with van der Waals surface area (Å²) in [5.74, 6) is -0.697. The quantitative estimate of drug-likeness (QED) is 0.204. The van der Waals surface area contributed by atoms with E-state index in [1.54, 1.807) is 0 Å². The van der Waals surface area contributed by atoms with Crippen LogP contribution in [-0.2, 0) is 4.79 Å². The van der Waals surface area contributed by atoms with Crippen LogP contribution in [-0.4, -0.2) is 11.1 Å². The predicted octanol–water partition coefficient (Wildman–Crippen LogP) is 6.77. The largest absolute Gasteiger partial charge is 0.481 e. The molecule has 0 saturated carbocycles. The van der Waals surface area contributed by atoms with Gasteiger partial charge >= 0.3 is 5.97 Å². The van der Waals surface area contributed by atoms with Crippen molar-refractivity contribution in [2.45, 2.75) is 71.1 Å². The molecule has 0 aromatic rings. The van der Waals surface area contributed by atoms with E-state index in [1.165, 1.54) is 0 Å². The summed E-state index contributed by atoms with van der Waals surface area (Å²) >= 11 is 0. The van der Waals surface area contributed by atoms with Crippen molar-refractivity contribution in [2.75, 3.05) is 0 Å². The predicted molar refractivity (Wildman–Crippen MR) is 105 cm³/mol. The summed E-state index contributed by atoms with van der Waals surface area (Å²) < 4.78 is 0. The molecule has 0 aromatic carbocycles. The number of carboxylic acids is 1. The third kappa shape index (κ3) is 20.2. The van der Waals surface area contributed by atoms with E-state index < -0.39 is 5.97 Å². The Morgan fingerprint density at radius 2 is 1.25 bits per heavy atom. The first-order valence-corrected chi connectivity index (χ1v) is 9.25. The third-order valence-electron chi connectivity index (χ3n) is 3.40. The van der Waals surface area contributed by atoms with E-state index in [-0.39, 0.29) is 6.42 Å². The lowest BCUT2D eigenvalue weighted by molar-refractivity contribution is -0.137. The van der Waals surface area contributed by atoms with Crippen LogP contribution in [0.2, 0.25) is 0 Å². The molecule has 134 valence electrons. The molecular weight excluding hydrogens is 296 g/mol. The Labute approximate surface area is 148 Å². The molecule has 2 heteroatoms. The van der Waals surface area contributed by atoms with Crippen LogP contribution in [0.1, 0.15) is 71.1 Å². The molecule has 0 aliphatic heterocycles. The fourth-order valence-electron chi connectivity index (χ4n) is 2.06. The van der Waals surface area contributed by atoms with Crippen LogP contribution in [0.5, 0.6) is 0 Å². The molecule has 0 bridgehead atoms. The smallest absolute Gasteiger partial charge is 0.303 e.